The Bertz CT molecular complexity index is 1300. The summed E-state index contributed by atoms with van der Waals surface area (Å²) >= 11 is 7.75. The molecule has 0 radical (unpaired) electrons. The van der Waals surface area contributed by atoms with E-state index in [-0.39, 0.29) is 5.91 Å². The Labute approximate surface area is 195 Å². The highest BCUT2D eigenvalue weighted by Gasteiger charge is 2.32. The maximum absolute atomic E-state index is 13.5. The Morgan fingerprint density at radius 2 is 2.16 bits per heavy atom. The average molecular weight is 467 g/mol. The van der Waals surface area contributed by atoms with Crippen molar-refractivity contribution in [1.82, 2.24) is 30.0 Å². The number of halogens is 1. The molecule has 32 heavy (non-hydrogen) atoms. The van der Waals surface area contributed by atoms with E-state index in [4.69, 9.17) is 16.6 Å². The van der Waals surface area contributed by atoms with E-state index in [0.29, 0.717) is 23.3 Å². The Balaban J connectivity index is 1.60. The standard InChI is InChI=1S/C23H23ClN6OS/c1-13-17(24)7-6-16-18(13)27-28-19(16)22-26-20(21(32-22)14-5-4-9-25-11-14)23(31)30-10-8-15(12-30)29(2)3/h4-7,9,11,15H,8,10,12H2,1-3H3,(H,27,28)/t15-/m0/s1. The molecular weight excluding hydrogens is 444 g/mol. The molecule has 5 rings (SSSR count). The number of thiazole rings is 1. The number of aromatic nitrogens is 4. The van der Waals surface area contributed by atoms with E-state index in [1.54, 1.807) is 12.4 Å². The maximum atomic E-state index is 13.5. The molecule has 4 heterocycles. The second kappa shape index (κ2) is 8.27. The van der Waals surface area contributed by atoms with Crippen molar-refractivity contribution < 1.29 is 4.79 Å². The van der Waals surface area contributed by atoms with Gasteiger partial charge < -0.3 is 9.80 Å². The molecule has 1 aliphatic heterocycles. The first kappa shape index (κ1) is 21.1. The molecule has 1 atom stereocenters. The Morgan fingerprint density at radius 1 is 1.31 bits per heavy atom. The highest BCUT2D eigenvalue weighted by atomic mass is 35.5. The van der Waals surface area contributed by atoms with Crippen LogP contribution in [-0.4, -0.2) is 69.1 Å². The second-order valence-corrected chi connectivity index (χ2v) is 9.67. The van der Waals surface area contributed by atoms with E-state index in [1.165, 1.54) is 11.3 Å². The number of benzene rings is 1. The third kappa shape index (κ3) is 3.58. The van der Waals surface area contributed by atoms with E-state index < -0.39 is 0 Å². The van der Waals surface area contributed by atoms with Crippen LogP contribution in [0.4, 0.5) is 0 Å². The van der Waals surface area contributed by atoms with E-state index >= 15 is 0 Å². The van der Waals surface area contributed by atoms with Gasteiger partial charge in [0.05, 0.1) is 10.4 Å². The number of pyridine rings is 1. The van der Waals surface area contributed by atoms with Crippen molar-refractivity contribution in [3.8, 4) is 21.1 Å². The summed E-state index contributed by atoms with van der Waals surface area (Å²) in [5.41, 5.74) is 3.86. The number of nitrogens with one attached hydrogen (secondary N) is 1. The zero-order valence-electron chi connectivity index (χ0n) is 18.1. The van der Waals surface area contributed by atoms with Crippen molar-refractivity contribution in [2.75, 3.05) is 27.2 Å². The molecule has 1 aromatic carbocycles. The van der Waals surface area contributed by atoms with Gasteiger partial charge in [-0.25, -0.2) is 4.98 Å². The second-order valence-electron chi connectivity index (χ2n) is 8.26. The van der Waals surface area contributed by atoms with Gasteiger partial charge in [0.1, 0.15) is 16.4 Å². The van der Waals surface area contributed by atoms with Crippen molar-refractivity contribution in [3.05, 3.63) is 52.9 Å². The number of H-pyrrole nitrogens is 1. The van der Waals surface area contributed by atoms with Crippen LogP contribution in [0.2, 0.25) is 5.02 Å². The number of carbonyl (C=O) groups is 1. The lowest BCUT2D eigenvalue weighted by molar-refractivity contribution is 0.0779. The number of likely N-dealkylation sites (N-methyl/N-ethyl adjacent to an activating group) is 1. The number of aromatic amines is 1. The normalized spacial score (nSPS) is 16.4. The number of hydrogen-bond donors (Lipinski definition) is 1. The Hall–Kier alpha value is -2.81. The molecule has 9 heteroatoms. The first-order valence-electron chi connectivity index (χ1n) is 10.4. The van der Waals surface area contributed by atoms with Gasteiger partial charge >= 0.3 is 0 Å². The molecule has 0 aliphatic carbocycles. The predicted octanol–water partition coefficient (Wildman–Crippen LogP) is 4.49. The van der Waals surface area contributed by atoms with E-state index in [2.05, 4.69) is 34.2 Å². The first-order valence-corrected chi connectivity index (χ1v) is 11.6. The monoisotopic (exact) mass is 466 g/mol. The van der Waals surface area contributed by atoms with E-state index in [1.807, 2.05) is 36.1 Å². The number of aryl methyl sites for hydroxylation is 1. The largest absolute Gasteiger partial charge is 0.336 e. The molecule has 1 amide bonds. The van der Waals surface area contributed by atoms with Gasteiger partial charge in [-0.1, -0.05) is 17.7 Å². The average Bonchev–Trinajstić information content (AvgIpc) is 3.54. The van der Waals surface area contributed by atoms with Crippen LogP contribution in [0.1, 0.15) is 22.5 Å². The summed E-state index contributed by atoms with van der Waals surface area (Å²) in [5.74, 6) is -0.0428. The SMILES string of the molecule is Cc1c(Cl)ccc2c(-c3nc(C(=O)N4CC[C@H](N(C)C)C4)c(-c4cccnc4)s3)[nH]nc12. The first-order chi connectivity index (χ1) is 15.4. The lowest BCUT2D eigenvalue weighted by Gasteiger charge is -2.20. The summed E-state index contributed by atoms with van der Waals surface area (Å²) in [4.78, 5) is 27.5. The van der Waals surface area contributed by atoms with Crippen LogP contribution in [-0.2, 0) is 0 Å². The quantitative estimate of drug-likeness (QED) is 0.479. The molecule has 0 spiro atoms. The van der Waals surface area contributed by atoms with Crippen LogP contribution in [0.5, 0.6) is 0 Å². The van der Waals surface area contributed by atoms with Gasteiger partial charge in [-0.3, -0.25) is 14.9 Å². The molecule has 0 bridgehead atoms. The van der Waals surface area contributed by atoms with Crippen LogP contribution < -0.4 is 0 Å². The summed E-state index contributed by atoms with van der Waals surface area (Å²) < 4.78 is 0. The topological polar surface area (TPSA) is 78.0 Å². The Morgan fingerprint density at radius 3 is 2.88 bits per heavy atom. The van der Waals surface area contributed by atoms with Gasteiger partial charge in [0.25, 0.3) is 5.91 Å². The number of amides is 1. The predicted molar refractivity (Wildman–Crippen MR) is 128 cm³/mol. The van der Waals surface area contributed by atoms with Gasteiger partial charge in [-0.05, 0) is 51.2 Å². The van der Waals surface area contributed by atoms with Crippen LogP contribution in [0, 0.1) is 6.92 Å². The van der Waals surface area contributed by atoms with Crippen LogP contribution in [0.3, 0.4) is 0 Å². The van der Waals surface area contributed by atoms with Crippen molar-refractivity contribution in [1.29, 1.82) is 0 Å². The molecule has 1 N–H and O–H groups in total. The van der Waals surface area contributed by atoms with Gasteiger partial charge in [0.2, 0.25) is 0 Å². The number of fused-ring (bicyclic) bond motifs is 1. The van der Waals surface area contributed by atoms with Crippen LogP contribution in [0.25, 0.3) is 32.0 Å². The molecule has 4 aromatic rings. The van der Waals surface area contributed by atoms with E-state index in [0.717, 1.165) is 50.6 Å². The van der Waals surface area contributed by atoms with Gasteiger partial charge in [-0.15, -0.1) is 11.3 Å². The summed E-state index contributed by atoms with van der Waals surface area (Å²) in [7, 11) is 4.11. The number of hydrogen-bond acceptors (Lipinski definition) is 6. The lowest BCUT2D eigenvalue weighted by atomic mass is 10.1. The van der Waals surface area contributed by atoms with Gasteiger partial charge in [0, 0.05) is 47.5 Å². The molecule has 1 saturated heterocycles. The highest BCUT2D eigenvalue weighted by molar-refractivity contribution is 7.18. The molecule has 1 fully saturated rings. The zero-order valence-corrected chi connectivity index (χ0v) is 19.7. The van der Waals surface area contributed by atoms with Crippen LogP contribution in [0.15, 0.2) is 36.7 Å². The van der Waals surface area contributed by atoms with Gasteiger partial charge in [0.15, 0.2) is 0 Å². The summed E-state index contributed by atoms with van der Waals surface area (Å²) in [6.45, 7) is 3.38. The third-order valence-electron chi connectivity index (χ3n) is 6.06. The fourth-order valence-electron chi connectivity index (χ4n) is 4.12. The smallest absolute Gasteiger partial charge is 0.274 e. The molecule has 0 saturated carbocycles. The molecule has 164 valence electrons. The number of likely N-dealkylation sites (tertiary alicyclic amines) is 1. The lowest BCUT2D eigenvalue weighted by Crippen LogP contribution is -2.34. The zero-order chi connectivity index (χ0) is 22.4. The van der Waals surface area contributed by atoms with E-state index in [9.17, 15) is 4.79 Å². The maximum Gasteiger partial charge on any atom is 0.274 e. The molecular formula is C23H23ClN6OS. The van der Waals surface area contributed by atoms with Crippen molar-refractivity contribution in [2.24, 2.45) is 0 Å². The fourth-order valence-corrected chi connectivity index (χ4v) is 5.33. The Kier molecular flexibility index (Phi) is 5.44. The molecule has 1 aliphatic rings. The van der Waals surface area contributed by atoms with Crippen LogP contribution >= 0.6 is 22.9 Å². The minimum Gasteiger partial charge on any atom is -0.336 e. The van der Waals surface area contributed by atoms with Crippen molar-refractivity contribution in [3.63, 3.8) is 0 Å². The molecule has 3 aromatic heterocycles. The number of nitrogens with zero attached hydrogens (tertiary/aromatic N) is 5. The van der Waals surface area contributed by atoms with Crippen molar-refractivity contribution in [2.45, 2.75) is 19.4 Å². The summed E-state index contributed by atoms with van der Waals surface area (Å²) in [6.07, 6.45) is 4.46. The van der Waals surface area contributed by atoms with Gasteiger partial charge in [-0.2, -0.15) is 5.10 Å². The fraction of sp³-hybridized carbons (Fsp3) is 0.304. The number of rotatable bonds is 4. The highest BCUT2D eigenvalue weighted by Crippen LogP contribution is 2.39. The number of carbonyl (C=O) groups excluding carboxylic acids is 1. The third-order valence-corrected chi connectivity index (χ3v) is 7.59. The molecule has 7 nitrogen and oxygen atoms in total. The minimum atomic E-state index is -0.0428. The summed E-state index contributed by atoms with van der Waals surface area (Å²) in [6, 6.07) is 8.01. The molecule has 0 unspecified atom stereocenters. The van der Waals surface area contributed by atoms with Crippen molar-refractivity contribution >= 4 is 39.7 Å². The summed E-state index contributed by atoms with van der Waals surface area (Å²) in [5, 5.41) is 9.91. The minimum absolute atomic E-state index is 0.0428.